The highest BCUT2D eigenvalue weighted by Crippen LogP contribution is 2.16. The molecule has 0 spiro atoms. The molecular formula is C18H18INO4. The van der Waals surface area contributed by atoms with Gasteiger partial charge < -0.3 is 14.8 Å². The van der Waals surface area contributed by atoms with Gasteiger partial charge in [0.25, 0.3) is 5.91 Å². The lowest BCUT2D eigenvalue weighted by Gasteiger charge is -2.09. The van der Waals surface area contributed by atoms with Crippen LogP contribution in [0.5, 0.6) is 5.75 Å². The van der Waals surface area contributed by atoms with Crippen molar-refractivity contribution in [2.24, 2.45) is 0 Å². The zero-order valence-electron chi connectivity index (χ0n) is 13.5. The molecule has 24 heavy (non-hydrogen) atoms. The van der Waals surface area contributed by atoms with E-state index >= 15 is 0 Å². The topological polar surface area (TPSA) is 64.6 Å². The summed E-state index contributed by atoms with van der Waals surface area (Å²) in [5, 5.41) is 2.66. The molecule has 0 bridgehead atoms. The van der Waals surface area contributed by atoms with Crippen LogP contribution in [0.25, 0.3) is 0 Å². The first kappa shape index (κ1) is 18.3. The fraction of sp³-hybridized carbons (Fsp3) is 0.222. The molecule has 0 aliphatic carbocycles. The lowest BCUT2D eigenvalue weighted by Crippen LogP contribution is -2.23. The summed E-state index contributed by atoms with van der Waals surface area (Å²) in [5.74, 6) is -0.388. The van der Waals surface area contributed by atoms with Crippen molar-refractivity contribution < 1.29 is 19.1 Å². The molecular weight excluding hydrogens is 421 g/mol. The smallest absolute Gasteiger partial charge is 0.344 e. The molecule has 126 valence electrons. The van der Waals surface area contributed by atoms with Crippen LogP contribution in [-0.2, 0) is 14.3 Å². The number of halogens is 1. The zero-order valence-corrected chi connectivity index (χ0v) is 15.6. The number of hydrogen-bond donors (Lipinski definition) is 1. The molecule has 0 fully saturated rings. The Labute approximate surface area is 154 Å². The second-order valence-corrected chi connectivity index (χ2v) is 6.50. The molecule has 1 N–H and O–H groups in total. The second-order valence-electron chi connectivity index (χ2n) is 5.25. The van der Waals surface area contributed by atoms with Gasteiger partial charge in [0.15, 0.2) is 13.2 Å². The maximum absolute atomic E-state index is 11.8. The van der Waals surface area contributed by atoms with Crippen LogP contribution in [0.3, 0.4) is 0 Å². The summed E-state index contributed by atoms with van der Waals surface area (Å²) in [4.78, 5) is 23.4. The number of amides is 1. The maximum Gasteiger partial charge on any atom is 0.344 e. The number of aryl methyl sites for hydroxylation is 2. The highest BCUT2D eigenvalue weighted by molar-refractivity contribution is 14.1. The average Bonchev–Trinajstić information content (AvgIpc) is 2.54. The Morgan fingerprint density at radius 1 is 1.04 bits per heavy atom. The summed E-state index contributed by atoms with van der Waals surface area (Å²) in [5.41, 5.74) is 2.89. The summed E-state index contributed by atoms with van der Waals surface area (Å²) >= 11 is 2.15. The first-order chi connectivity index (χ1) is 11.4. The maximum atomic E-state index is 11.8. The number of anilines is 1. The lowest BCUT2D eigenvalue weighted by molar-refractivity contribution is -0.149. The van der Waals surface area contributed by atoms with Crippen molar-refractivity contribution in [1.82, 2.24) is 0 Å². The number of benzene rings is 2. The van der Waals surface area contributed by atoms with Crippen molar-refractivity contribution >= 4 is 40.2 Å². The Bertz CT molecular complexity index is 746. The quantitative estimate of drug-likeness (QED) is 0.553. The number of hydrogen-bond acceptors (Lipinski definition) is 4. The molecule has 2 aromatic rings. The Morgan fingerprint density at radius 2 is 1.83 bits per heavy atom. The minimum Gasteiger partial charge on any atom is -0.482 e. The number of esters is 1. The highest BCUT2D eigenvalue weighted by atomic mass is 127. The van der Waals surface area contributed by atoms with E-state index in [9.17, 15) is 9.59 Å². The summed E-state index contributed by atoms with van der Waals surface area (Å²) < 4.78 is 11.3. The lowest BCUT2D eigenvalue weighted by atomic mass is 10.1. The number of carbonyl (C=O) groups is 2. The van der Waals surface area contributed by atoms with Crippen LogP contribution in [0, 0.1) is 17.4 Å². The summed E-state index contributed by atoms with van der Waals surface area (Å²) in [7, 11) is 0. The number of ether oxygens (including phenoxy) is 2. The van der Waals surface area contributed by atoms with E-state index in [0.717, 1.165) is 14.7 Å². The van der Waals surface area contributed by atoms with Crippen LogP contribution in [0.1, 0.15) is 11.1 Å². The van der Waals surface area contributed by atoms with Gasteiger partial charge in [0.05, 0.1) is 0 Å². The van der Waals surface area contributed by atoms with E-state index in [0.29, 0.717) is 11.4 Å². The van der Waals surface area contributed by atoms with Crippen molar-refractivity contribution in [3.05, 3.63) is 57.2 Å². The molecule has 0 atom stereocenters. The Kier molecular flexibility index (Phi) is 6.60. The molecule has 0 saturated heterocycles. The second kappa shape index (κ2) is 8.68. The summed E-state index contributed by atoms with van der Waals surface area (Å²) in [6.07, 6.45) is 0. The fourth-order valence-electron chi connectivity index (χ4n) is 1.90. The Morgan fingerprint density at radius 3 is 2.54 bits per heavy atom. The van der Waals surface area contributed by atoms with Gasteiger partial charge in [0, 0.05) is 9.26 Å². The van der Waals surface area contributed by atoms with Gasteiger partial charge in [-0.3, -0.25) is 4.79 Å². The van der Waals surface area contributed by atoms with Crippen molar-refractivity contribution in [1.29, 1.82) is 0 Å². The molecule has 0 aliphatic rings. The molecule has 0 aromatic heterocycles. The van der Waals surface area contributed by atoms with Crippen LogP contribution in [0.4, 0.5) is 5.69 Å². The first-order valence-electron chi connectivity index (χ1n) is 7.35. The van der Waals surface area contributed by atoms with Gasteiger partial charge in [-0.15, -0.1) is 0 Å². The molecule has 0 heterocycles. The van der Waals surface area contributed by atoms with Gasteiger partial charge in [-0.05, 0) is 77.9 Å². The van der Waals surface area contributed by atoms with Crippen LogP contribution >= 0.6 is 22.6 Å². The predicted octanol–water partition coefficient (Wildman–Crippen LogP) is 3.47. The molecule has 5 nitrogen and oxygen atoms in total. The molecule has 2 aromatic carbocycles. The van der Waals surface area contributed by atoms with Gasteiger partial charge in [0.1, 0.15) is 5.75 Å². The van der Waals surface area contributed by atoms with Gasteiger partial charge in [-0.1, -0.05) is 12.1 Å². The van der Waals surface area contributed by atoms with Gasteiger partial charge in [0.2, 0.25) is 0 Å². The van der Waals surface area contributed by atoms with Crippen LogP contribution < -0.4 is 10.1 Å². The summed E-state index contributed by atoms with van der Waals surface area (Å²) in [6, 6.07) is 12.9. The number of nitrogens with one attached hydrogen (secondary N) is 1. The molecule has 0 aliphatic heterocycles. The molecule has 0 saturated carbocycles. The van der Waals surface area contributed by atoms with Crippen molar-refractivity contribution in [3.8, 4) is 5.75 Å². The van der Waals surface area contributed by atoms with Gasteiger partial charge >= 0.3 is 5.97 Å². The normalized spacial score (nSPS) is 10.1. The van der Waals surface area contributed by atoms with Crippen molar-refractivity contribution in [2.45, 2.75) is 13.8 Å². The molecule has 0 radical (unpaired) electrons. The van der Waals surface area contributed by atoms with Crippen LogP contribution in [0.2, 0.25) is 0 Å². The third-order valence-electron chi connectivity index (χ3n) is 3.31. The minimum atomic E-state index is -0.592. The average molecular weight is 439 g/mol. The summed E-state index contributed by atoms with van der Waals surface area (Å²) in [6.45, 7) is 3.38. The first-order valence-corrected chi connectivity index (χ1v) is 8.43. The van der Waals surface area contributed by atoms with E-state index in [-0.39, 0.29) is 13.2 Å². The van der Waals surface area contributed by atoms with E-state index in [4.69, 9.17) is 9.47 Å². The molecule has 1 amide bonds. The molecule has 2 rings (SSSR count). The van der Waals surface area contributed by atoms with E-state index in [2.05, 4.69) is 27.9 Å². The Hall–Kier alpha value is -2.09. The van der Waals surface area contributed by atoms with Crippen LogP contribution in [-0.4, -0.2) is 25.1 Å². The highest BCUT2D eigenvalue weighted by Gasteiger charge is 2.09. The van der Waals surface area contributed by atoms with Crippen molar-refractivity contribution in [3.63, 3.8) is 0 Å². The van der Waals surface area contributed by atoms with Gasteiger partial charge in [-0.2, -0.15) is 0 Å². The zero-order chi connectivity index (χ0) is 17.5. The van der Waals surface area contributed by atoms with Crippen LogP contribution in [0.15, 0.2) is 42.5 Å². The third kappa shape index (κ3) is 5.84. The Balaban J connectivity index is 1.74. The van der Waals surface area contributed by atoms with Crippen molar-refractivity contribution in [2.75, 3.05) is 18.5 Å². The number of rotatable bonds is 6. The fourth-order valence-corrected chi connectivity index (χ4v) is 2.44. The minimum absolute atomic E-state index is 0.237. The standard InChI is InChI=1S/C18H18INO4/c1-12-6-7-16(8-13(12)2)23-11-18(22)24-10-17(21)20-15-5-3-4-14(19)9-15/h3-9H,10-11H2,1-2H3,(H,20,21). The largest absolute Gasteiger partial charge is 0.482 e. The van der Waals surface area contributed by atoms with E-state index in [1.54, 1.807) is 12.1 Å². The number of carbonyl (C=O) groups excluding carboxylic acids is 2. The SMILES string of the molecule is Cc1ccc(OCC(=O)OCC(=O)Nc2cccc(I)c2)cc1C. The monoisotopic (exact) mass is 439 g/mol. The third-order valence-corrected chi connectivity index (χ3v) is 3.98. The molecule has 0 unspecified atom stereocenters. The van der Waals surface area contributed by atoms with Gasteiger partial charge in [-0.25, -0.2) is 4.79 Å². The van der Waals surface area contributed by atoms with E-state index < -0.39 is 11.9 Å². The predicted molar refractivity (Wildman–Crippen MR) is 100 cm³/mol. The van der Waals surface area contributed by atoms with E-state index in [1.807, 2.05) is 44.2 Å². The van der Waals surface area contributed by atoms with E-state index in [1.165, 1.54) is 0 Å². The molecule has 6 heteroatoms.